The molecule has 33 heavy (non-hydrogen) atoms. The topological polar surface area (TPSA) is 58.0 Å². The molecule has 7 heteroatoms. The van der Waals surface area contributed by atoms with E-state index in [1.54, 1.807) is 0 Å². The average Bonchev–Trinajstić information content (AvgIpc) is 3.16. The van der Waals surface area contributed by atoms with Crippen molar-refractivity contribution in [3.05, 3.63) is 120 Å². The second kappa shape index (κ2) is 8.80. The van der Waals surface area contributed by atoms with Gasteiger partial charge in [0.2, 0.25) is 0 Å². The Balaban J connectivity index is 1.60. The van der Waals surface area contributed by atoms with Crippen LogP contribution in [0.25, 0.3) is 0 Å². The van der Waals surface area contributed by atoms with Crippen LogP contribution in [0, 0.1) is 0 Å². The van der Waals surface area contributed by atoms with Gasteiger partial charge in [-0.2, -0.15) is 0 Å². The number of anilines is 4. The van der Waals surface area contributed by atoms with Gasteiger partial charge in [-0.3, -0.25) is 9.80 Å². The summed E-state index contributed by atoms with van der Waals surface area (Å²) in [6.45, 7) is 4.69. The summed E-state index contributed by atoms with van der Waals surface area (Å²) in [5.41, 5.74) is 0. The third-order valence-electron chi connectivity index (χ3n) is 5.68. The van der Waals surface area contributed by atoms with Crippen molar-refractivity contribution in [3.8, 4) is 0 Å². The minimum absolute atomic E-state index is 0.847. The Hall–Kier alpha value is -4.10. The smallest absolute Gasteiger partial charge is 0.154 e. The molecule has 6 nitrogen and oxygen atoms in total. The Morgan fingerprint density at radius 2 is 0.788 bits per heavy atom. The molecular weight excluding hydrogens is 424 g/mol. The van der Waals surface area contributed by atoms with E-state index in [-0.39, 0.29) is 0 Å². The number of hydrogen-bond donors (Lipinski definition) is 0. The lowest BCUT2D eigenvalue weighted by Gasteiger charge is -2.37. The number of hydrogen-bond acceptors (Lipinski definition) is 6. The van der Waals surface area contributed by atoms with E-state index in [1.165, 1.54) is 10.6 Å². The first kappa shape index (κ1) is 20.8. The summed E-state index contributed by atoms with van der Waals surface area (Å²) in [7, 11) is -2.24. The zero-order valence-corrected chi connectivity index (χ0v) is 19.6. The first-order chi connectivity index (χ1) is 16.2. The van der Waals surface area contributed by atoms with Crippen molar-refractivity contribution in [1.29, 1.82) is 0 Å². The summed E-state index contributed by atoms with van der Waals surface area (Å²) in [6, 6.07) is 23.8. The fraction of sp³-hybridized carbons (Fsp3) is 0.0769. The van der Waals surface area contributed by atoms with Gasteiger partial charge in [0.15, 0.2) is 8.07 Å². The minimum Gasteiger partial charge on any atom is -0.287 e. The van der Waals surface area contributed by atoms with E-state index in [1.807, 2.05) is 97.6 Å². The first-order valence-electron chi connectivity index (χ1n) is 10.8. The van der Waals surface area contributed by atoms with Gasteiger partial charge in [-0.1, -0.05) is 37.4 Å². The Labute approximate surface area is 194 Å². The number of nitrogens with zero attached hydrogens (tertiary/aromatic N) is 6. The molecule has 5 heterocycles. The van der Waals surface area contributed by atoms with Crippen LogP contribution in [-0.2, 0) is 0 Å². The summed E-state index contributed by atoms with van der Waals surface area (Å²) in [5, 5.41) is 2.40. The summed E-state index contributed by atoms with van der Waals surface area (Å²) in [6.07, 6.45) is 11.7. The summed E-state index contributed by atoms with van der Waals surface area (Å²) in [4.78, 5) is 23.0. The third kappa shape index (κ3) is 3.94. The van der Waals surface area contributed by atoms with E-state index in [0.29, 0.717) is 0 Å². The van der Waals surface area contributed by atoms with Gasteiger partial charge in [-0.05, 0) is 60.7 Å². The molecular formula is C26H24N6Si. The predicted molar refractivity (Wildman–Crippen MR) is 135 cm³/mol. The summed E-state index contributed by atoms with van der Waals surface area (Å²) >= 11 is 0. The fourth-order valence-electron chi connectivity index (χ4n) is 4.09. The van der Waals surface area contributed by atoms with Crippen molar-refractivity contribution >= 4 is 31.3 Å². The maximum absolute atomic E-state index is 4.66. The number of rotatable bonds is 6. The highest BCUT2D eigenvalue weighted by Crippen LogP contribution is 2.42. The molecule has 0 atom stereocenters. The van der Waals surface area contributed by atoms with Gasteiger partial charge in [-0.25, -0.2) is 19.9 Å². The minimum atomic E-state index is -2.24. The van der Waals surface area contributed by atoms with Crippen LogP contribution in [0.4, 0.5) is 23.3 Å². The SMILES string of the molecule is C[Si]1(C)C(N(c2ccccn2)c2ccccn2)=CC=C1N(c1ccccn1)c1ccccn1. The third-order valence-corrected chi connectivity index (χ3v) is 9.02. The van der Waals surface area contributed by atoms with Crippen molar-refractivity contribution in [2.45, 2.75) is 13.1 Å². The zero-order chi connectivity index (χ0) is 22.7. The molecule has 0 N–H and O–H groups in total. The molecule has 4 aromatic heterocycles. The molecule has 0 unspecified atom stereocenters. The standard InChI is InChI=1S/C26H24N6Si/c1-33(2)25(31(21-11-3-7-17-27-21)22-12-4-8-18-28-22)15-16-26(33)32(23-13-5-9-19-29-23)24-14-6-10-20-30-24/h3-20H,1-2H3. The Bertz CT molecular complexity index is 1100. The van der Waals surface area contributed by atoms with E-state index in [2.05, 4.69) is 55.0 Å². The quantitative estimate of drug-likeness (QED) is 0.347. The molecule has 0 amide bonds. The van der Waals surface area contributed by atoms with Gasteiger partial charge >= 0.3 is 0 Å². The van der Waals surface area contributed by atoms with Gasteiger partial charge in [0.05, 0.1) is 0 Å². The fourth-order valence-corrected chi connectivity index (χ4v) is 6.92. The van der Waals surface area contributed by atoms with Gasteiger partial charge in [0.1, 0.15) is 23.3 Å². The monoisotopic (exact) mass is 448 g/mol. The Morgan fingerprint density at radius 3 is 1.03 bits per heavy atom. The molecule has 5 rings (SSSR count). The van der Waals surface area contributed by atoms with Crippen LogP contribution in [0.3, 0.4) is 0 Å². The van der Waals surface area contributed by atoms with Crippen LogP contribution in [0.1, 0.15) is 0 Å². The first-order valence-corrected chi connectivity index (χ1v) is 13.8. The zero-order valence-electron chi connectivity index (χ0n) is 18.6. The van der Waals surface area contributed by atoms with E-state index in [9.17, 15) is 0 Å². The second-order valence-electron chi connectivity index (χ2n) is 8.15. The molecule has 0 aliphatic carbocycles. The largest absolute Gasteiger partial charge is 0.287 e. The predicted octanol–water partition coefficient (Wildman–Crippen LogP) is 5.81. The molecule has 0 spiro atoms. The van der Waals surface area contributed by atoms with Crippen LogP contribution in [-0.4, -0.2) is 28.0 Å². The number of aromatic nitrogens is 4. The highest BCUT2D eigenvalue weighted by Gasteiger charge is 2.42. The van der Waals surface area contributed by atoms with Gasteiger partial charge in [-0.15, -0.1) is 0 Å². The normalized spacial score (nSPS) is 14.4. The lowest BCUT2D eigenvalue weighted by Crippen LogP contribution is -2.43. The maximum atomic E-state index is 4.66. The van der Waals surface area contributed by atoms with Crippen molar-refractivity contribution in [2.75, 3.05) is 9.80 Å². The van der Waals surface area contributed by atoms with E-state index in [0.717, 1.165) is 23.3 Å². The van der Waals surface area contributed by atoms with Crippen LogP contribution in [0.15, 0.2) is 120 Å². The highest BCUT2D eigenvalue weighted by atomic mass is 28.3. The van der Waals surface area contributed by atoms with Crippen LogP contribution in [0.5, 0.6) is 0 Å². The molecule has 0 saturated heterocycles. The van der Waals surface area contributed by atoms with E-state index >= 15 is 0 Å². The molecule has 0 aromatic carbocycles. The molecule has 162 valence electrons. The molecule has 0 bridgehead atoms. The maximum Gasteiger partial charge on any atom is 0.154 e. The summed E-state index contributed by atoms with van der Waals surface area (Å²) in [5.74, 6) is 3.39. The van der Waals surface area contributed by atoms with Crippen molar-refractivity contribution in [1.82, 2.24) is 19.9 Å². The van der Waals surface area contributed by atoms with Crippen LogP contribution >= 0.6 is 0 Å². The highest BCUT2D eigenvalue weighted by molar-refractivity contribution is 6.92. The van der Waals surface area contributed by atoms with Crippen molar-refractivity contribution < 1.29 is 0 Å². The van der Waals surface area contributed by atoms with E-state index in [4.69, 9.17) is 0 Å². The number of allylic oxidation sites excluding steroid dienone is 2. The Kier molecular flexibility index (Phi) is 5.54. The van der Waals surface area contributed by atoms with Crippen LogP contribution in [0.2, 0.25) is 13.1 Å². The molecule has 1 aliphatic rings. The van der Waals surface area contributed by atoms with Gasteiger partial charge in [0, 0.05) is 35.4 Å². The van der Waals surface area contributed by atoms with Crippen molar-refractivity contribution in [2.24, 2.45) is 0 Å². The second-order valence-corrected chi connectivity index (χ2v) is 12.4. The lowest BCUT2D eigenvalue weighted by atomic mass is 10.3. The average molecular weight is 449 g/mol. The van der Waals surface area contributed by atoms with Crippen molar-refractivity contribution in [3.63, 3.8) is 0 Å². The number of pyridine rings is 4. The van der Waals surface area contributed by atoms with E-state index < -0.39 is 8.07 Å². The molecule has 0 saturated carbocycles. The molecule has 4 aromatic rings. The molecule has 1 aliphatic heterocycles. The van der Waals surface area contributed by atoms with Gasteiger partial charge in [0.25, 0.3) is 0 Å². The molecule has 0 fully saturated rings. The Morgan fingerprint density at radius 1 is 0.485 bits per heavy atom. The summed E-state index contributed by atoms with van der Waals surface area (Å²) < 4.78 is 0. The lowest BCUT2D eigenvalue weighted by molar-refractivity contribution is 1.08. The van der Waals surface area contributed by atoms with Gasteiger partial charge < -0.3 is 0 Å². The molecule has 0 radical (unpaired) electrons. The van der Waals surface area contributed by atoms with Crippen LogP contribution < -0.4 is 9.80 Å².